The highest BCUT2D eigenvalue weighted by Gasteiger charge is 2.18. The van der Waals surface area contributed by atoms with Crippen LogP contribution < -0.4 is 0 Å². The second kappa shape index (κ2) is 10.9. The van der Waals surface area contributed by atoms with Crippen LogP contribution in [-0.2, 0) is 20.8 Å². The number of methoxy groups -OCH3 is 1. The molecule has 0 saturated carbocycles. The number of benzene rings is 1. The number of ether oxygens (including phenoxy) is 2. The van der Waals surface area contributed by atoms with Gasteiger partial charge in [-0.3, -0.25) is 14.4 Å². The van der Waals surface area contributed by atoms with Crippen molar-refractivity contribution in [2.75, 3.05) is 20.3 Å². The number of esters is 1. The quantitative estimate of drug-likeness (QED) is 0.314. The fraction of sp³-hybridized carbons (Fsp3) is 0.458. The maximum absolute atomic E-state index is 12.5. The number of hydrogen-bond donors (Lipinski definition) is 0. The minimum absolute atomic E-state index is 0.0466. The zero-order valence-electron chi connectivity index (χ0n) is 18.5. The first kappa shape index (κ1) is 23.5. The largest absolute Gasteiger partial charge is 0.457 e. The summed E-state index contributed by atoms with van der Waals surface area (Å²) in [6.45, 7) is 8.85. The van der Waals surface area contributed by atoms with Crippen LogP contribution in [0.1, 0.15) is 62.5 Å². The fourth-order valence-electron chi connectivity index (χ4n) is 3.37. The van der Waals surface area contributed by atoms with E-state index in [4.69, 9.17) is 9.47 Å². The predicted octanol–water partition coefficient (Wildman–Crippen LogP) is 4.15. The lowest BCUT2D eigenvalue weighted by Crippen LogP contribution is -2.16. The van der Waals surface area contributed by atoms with E-state index in [0.29, 0.717) is 17.7 Å². The molecular weight excluding hydrogens is 382 g/mol. The Balaban J connectivity index is 1.85. The predicted molar refractivity (Wildman–Crippen MR) is 115 cm³/mol. The van der Waals surface area contributed by atoms with Crippen molar-refractivity contribution in [1.29, 1.82) is 0 Å². The maximum Gasteiger partial charge on any atom is 0.306 e. The zero-order valence-corrected chi connectivity index (χ0v) is 18.5. The Morgan fingerprint density at radius 3 is 2.33 bits per heavy atom. The topological polar surface area (TPSA) is 74.6 Å². The normalized spacial score (nSPS) is 10.8. The molecule has 162 valence electrons. The van der Waals surface area contributed by atoms with Crippen LogP contribution in [0.5, 0.6) is 0 Å². The zero-order chi connectivity index (χ0) is 22.3. The molecule has 0 saturated heterocycles. The molecule has 0 aliphatic carbocycles. The third-order valence-electron chi connectivity index (χ3n) is 5.35. The third kappa shape index (κ3) is 6.13. The molecule has 2 aromatic rings. The van der Waals surface area contributed by atoms with Gasteiger partial charge in [0.2, 0.25) is 5.78 Å². The standard InChI is InChI=1S/C24H31NO5/c1-16-7-8-20(13-17(16)2)22(26)9-10-24(28)30-15-23(27)21-14-18(3)25(19(21)4)11-6-12-29-5/h7-8,13-14H,6,9-12,15H2,1-5H3. The Hall–Kier alpha value is -2.73. The van der Waals surface area contributed by atoms with Crippen molar-refractivity contribution < 1.29 is 23.9 Å². The highest BCUT2D eigenvalue weighted by molar-refractivity contribution is 6.00. The van der Waals surface area contributed by atoms with Crippen molar-refractivity contribution >= 4 is 17.5 Å². The Morgan fingerprint density at radius 1 is 0.933 bits per heavy atom. The minimum atomic E-state index is -0.547. The van der Waals surface area contributed by atoms with Gasteiger partial charge in [-0.05, 0) is 57.4 Å². The van der Waals surface area contributed by atoms with E-state index in [1.807, 2.05) is 45.9 Å². The van der Waals surface area contributed by atoms with Gasteiger partial charge in [-0.15, -0.1) is 0 Å². The molecule has 6 heteroatoms. The highest BCUT2D eigenvalue weighted by atomic mass is 16.5. The average Bonchev–Trinajstić information content (AvgIpc) is 3.00. The summed E-state index contributed by atoms with van der Waals surface area (Å²) in [4.78, 5) is 36.8. The Labute approximate surface area is 178 Å². The molecule has 0 unspecified atom stereocenters. The number of Topliss-reactive ketones (excluding diaryl/α,β-unsaturated/α-hetero) is 2. The average molecular weight is 414 g/mol. The number of nitrogens with zero attached hydrogens (tertiary/aromatic N) is 1. The van der Waals surface area contributed by atoms with Gasteiger partial charge in [-0.25, -0.2) is 0 Å². The van der Waals surface area contributed by atoms with Crippen LogP contribution in [0, 0.1) is 27.7 Å². The smallest absolute Gasteiger partial charge is 0.306 e. The summed E-state index contributed by atoms with van der Waals surface area (Å²) in [5.41, 5.74) is 5.13. The van der Waals surface area contributed by atoms with Gasteiger partial charge >= 0.3 is 5.97 Å². The molecule has 6 nitrogen and oxygen atoms in total. The molecule has 0 aliphatic rings. The molecule has 0 fully saturated rings. The van der Waals surface area contributed by atoms with E-state index in [1.165, 1.54) is 0 Å². The number of hydrogen-bond acceptors (Lipinski definition) is 5. The van der Waals surface area contributed by atoms with Crippen LogP contribution in [0.3, 0.4) is 0 Å². The van der Waals surface area contributed by atoms with E-state index in [9.17, 15) is 14.4 Å². The molecule has 0 radical (unpaired) electrons. The lowest BCUT2D eigenvalue weighted by molar-refractivity contribution is -0.142. The third-order valence-corrected chi connectivity index (χ3v) is 5.35. The number of aryl methyl sites for hydroxylation is 3. The van der Waals surface area contributed by atoms with Crippen LogP contribution in [0.25, 0.3) is 0 Å². The Morgan fingerprint density at radius 2 is 1.67 bits per heavy atom. The molecule has 0 amide bonds. The molecule has 2 rings (SSSR count). The number of rotatable bonds is 11. The van der Waals surface area contributed by atoms with Gasteiger partial charge in [0.05, 0.1) is 6.42 Å². The van der Waals surface area contributed by atoms with Gasteiger partial charge in [0, 0.05) is 49.2 Å². The lowest BCUT2D eigenvalue weighted by Gasteiger charge is -2.09. The van der Waals surface area contributed by atoms with Crippen molar-refractivity contribution in [3.8, 4) is 0 Å². The number of carbonyl (C=O) groups excluding carboxylic acids is 3. The van der Waals surface area contributed by atoms with Crippen LogP contribution >= 0.6 is 0 Å². The second-order valence-corrected chi connectivity index (χ2v) is 7.59. The van der Waals surface area contributed by atoms with Crippen molar-refractivity contribution in [1.82, 2.24) is 4.57 Å². The molecule has 0 N–H and O–H groups in total. The highest BCUT2D eigenvalue weighted by Crippen LogP contribution is 2.17. The van der Waals surface area contributed by atoms with Crippen LogP contribution in [0.15, 0.2) is 24.3 Å². The lowest BCUT2D eigenvalue weighted by atomic mass is 10.0. The monoisotopic (exact) mass is 413 g/mol. The Kier molecular flexibility index (Phi) is 8.54. The van der Waals surface area contributed by atoms with Crippen LogP contribution in [0.4, 0.5) is 0 Å². The van der Waals surface area contributed by atoms with Gasteiger partial charge in [0.1, 0.15) is 0 Å². The molecule has 30 heavy (non-hydrogen) atoms. The first-order valence-corrected chi connectivity index (χ1v) is 10.2. The molecule has 1 aromatic carbocycles. The number of carbonyl (C=O) groups is 3. The molecule has 0 aliphatic heterocycles. The SMILES string of the molecule is COCCCn1c(C)cc(C(=O)COC(=O)CCC(=O)c2ccc(C)c(C)c2)c1C. The minimum Gasteiger partial charge on any atom is -0.457 e. The summed E-state index contributed by atoms with van der Waals surface area (Å²) < 4.78 is 12.3. The van der Waals surface area contributed by atoms with Crippen molar-refractivity contribution in [2.45, 2.75) is 53.5 Å². The molecule has 0 bridgehead atoms. The van der Waals surface area contributed by atoms with E-state index < -0.39 is 5.97 Å². The van der Waals surface area contributed by atoms with Crippen LogP contribution in [0.2, 0.25) is 0 Å². The number of ketones is 2. The van der Waals surface area contributed by atoms with E-state index in [0.717, 1.165) is 35.5 Å². The van der Waals surface area contributed by atoms with Crippen molar-refractivity contribution in [3.63, 3.8) is 0 Å². The van der Waals surface area contributed by atoms with Crippen molar-refractivity contribution in [3.05, 3.63) is 57.9 Å². The second-order valence-electron chi connectivity index (χ2n) is 7.59. The molecule has 0 atom stereocenters. The van der Waals surface area contributed by atoms with Gasteiger partial charge in [-0.1, -0.05) is 12.1 Å². The van der Waals surface area contributed by atoms with E-state index in [2.05, 4.69) is 4.57 Å². The summed E-state index contributed by atoms with van der Waals surface area (Å²) in [7, 11) is 1.66. The number of aromatic nitrogens is 1. The molecule has 0 spiro atoms. The van der Waals surface area contributed by atoms with Gasteiger partial charge < -0.3 is 14.0 Å². The first-order valence-electron chi connectivity index (χ1n) is 10.2. The van der Waals surface area contributed by atoms with E-state index >= 15 is 0 Å². The first-order chi connectivity index (χ1) is 14.2. The van der Waals surface area contributed by atoms with E-state index in [-0.39, 0.29) is 31.0 Å². The van der Waals surface area contributed by atoms with Crippen LogP contribution in [-0.4, -0.2) is 42.4 Å². The van der Waals surface area contributed by atoms with Gasteiger partial charge in [-0.2, -0.15) is 0 Å². The molecular formula is C24H31NO5. The fourth-order valence-corrected chi connectivity index (χ4v) is 3.37. The summed E-state index contributed by atoms with van der Waals surface area (Å²) in [5, 5.41) is 0. The maximum atomic E-state index is 12.5. The molecule has 1 heterocycles. The van der Waals surface area contributed by atoms with Gasteiger partial charge in [0.15, 0.2) is 12.4 Å². The summed E-state index contributed by atoms with van der Waals surface area (Å²) in [6.07, 6.45) is 0.864. The Bertz CT molecular complexity index is 926. The summed E-state index contributed by atoms with van der Waals surface area (Å²) >= 11 is 0. The summed E-state index contributed by atoms with van der Waals surface area (Å²) in [6, 6.07) is 7.31. The molecule has 1 aromatic heterocycles. The van der Waals surface area contributed by atoms with Crippen molar-refractivity contribution in [2.24, 2.45) is 0 Å². The van der Waals surface area contributed by atoms with E-state index in [1.54, 1.807) is 13.2 Å². The summed E-state index contributed by atoms with van der Waals surface area (Å²) in [5.74, 6) is -0.898. The van der Waals surface area contributed by atoms with Gasteiger partial charge in [0.25, 0.3) is 0 Å².